The third kappa shape index (κ3) is 3.20. The second-order valence-electron chi connectivity index (χ2n) is 4.99. The Labute approximate surface area is 112 Å². The fourth-order valence-electron chi connectivity index (χ4n) is 2.52. The lowest BCUT2D eigenvalue weighted by Crippen LogP contribution is -2.40. The number of piperidine rings is 1. The maximum absolute atomic E-state index is 10.9. The molecule has 104 valence electrons. The molecule has 1 aromatic rings. The number of aromatic nitrogens is 2. The van der Waals surface area contributed by atoms with Crippen LogP contribution >= 0.6 is 0 Å². The number of anilines is 1. The average Bonchev–Trinajstić information content (AvgIpc) is 2.39. The predicted molar refractivity (Wildman–Crippen MR) is 72.6 cm³/mol. The van der Waals surface area contributed by atoms with Crippen molar-refractivity contribution in [3.05, 3.63) is 17.5 Å². The van der Waals surface area contributed by atoms with Gasteiger partial charge in [0.2, 0.25) is 5.95 Å². The molecule has 0 amide bonds. The van der Waals surface area contributed by atoms with Crippen molar-refractivity contribution < 1.29 is 9.90 Å². The largest absolute Gasteiger partial charge is 0.478 e. The standard InChI is InChI=1S/C13H20N4O2/c1-9-11(12(18)19)7-15-13(16-9)17-5-3-4-10(8-17)6-14-2/h7,10,14H,3-6,8H2,1-2H3,(H,18,19). The Morgan fingerprint density at radius 2 is 2.42 bits per heavy atom. The molecule has 1 aliphatic rings. The van der Waals surface area contributed by atoms with Crippen LogP contribution in [-0.4, -0.2) is 47.7 Å². The van der Waals surface area contributed by atoms with Crippen molar-refractivity contribution in [3.63, 3.8) is 0 Å². The van der Waals surface area contributed by atoms with E-state index in [1.807, 2.05) is 7.05 Å². The molecule has 2 heterocycles. The van der Waals surface area contributed by atoms with E-state index in [9.17, 15) is 4.79 Å². The highest BCUT2D eigenvalue weighted by atomic mass is 16.4. The molecule has 1 aromatic heterocycles. The van der Waals surface area contributed by atoms with Gasteiger partial charge < -0.3 is 15.3 Å². The van der Waals surface area contributed by atoms with Gasteiger partial charge in [-0.25, -0.2) is 14.8 Å². The highest BCUT2D eigenvalue weighted by Crippen LogP contribution is 2.20. The first-order valence-corrected chi connectivity index (χ1v) is 6.58. The fourth-order valence-corrected chi connectivity index (χ4v) is 2.52. The minimum Gasteiger partial charge on any atom is -0.478 e. The Kier molecular flexibility index (Phi) is 4.31. The summed E-state index contributed by atoms with van der Waals surface area (Å²) in [5.41, 5.74) is 0.695. The number of carboxylic acids is 1. The number of carboxylic acid groups (broad SMARTS) is 1. The predicted octanol–water partition coefficient (Wildman–Crippen LogP) is 0.919. The molecule has 1 saturated heterocycles. The first-order valence-electron chi connectivity index (χ1n) is 6.58. The van der Waals surface area contributed by atoms with Crippen LogP contribution in [0.15, 0.2) is 6.20 Å². The summed E-state index contributed by atoms with van der Waals surface area (Å²) in [4.78, 5) is 21.6. The van der Waals surface area contributed by atoms with E-state index < -0.39 is 5.97 Å². The van der Waals surface area contributed by atoms with Crippen molar-refractivity contribution in [1.29, 1.82) is 0 Å². The number of carbonyl (C=O) groups is 1. The summed E-state index contributed by atoms with van der Waals surface area (Å²) < 4.78 is 0. The lowest BCUT2D eigenvalue weighted by molar-refractivity contribution is 0.0695. The van der Waals surface area contributed by atoms with Gasteiger partial charge in [0.1, 0.15) is 0 Å². The molecule has 0 radical (unpaired) electrons. The first kappa shape index (κ1) is 13.7. The van der Waals surface area contributed by atoms with E-state index in [-0.39, 0.29) is 5.56 Å². The SMILES string of the molecule is CNCC1CCCN(c2ncc(C(=O)O)c(C)n2)C1. The van der Waals surface area contributed by atoms with Crippen molar-refractivity contribution >= 4 is 11.9 Å². The van der Waals surface area contributed by atoms with Crippen LogP contribution in [0.3, 0.4) is 0 Å². The van der Waals surface area contributed by atoms with Gasteiger partial charge in [0.25, 0.3) is 0 Å². The Balaban J connectivity index is 2.13. The number of hydrogen-bond acceptors (Lipinski definition) is 5. The van der Waals surface area contributed by atoms with Gasteiger partial charge in [0.15, 0.2) is 0 Å². The molecular formula is C13H20N4O2. The third-order valence-corrected chi connectivity index (χ3v) is 3.49. The van der Waals surface area contributed by atoms with Crippen molar-refractivity contribution in [3.8, 4) is 0 Å². The number of nitrogens with zero attached hydrogens (tertiary/aromatic N) is 3. The summed E-state index contributed by atoms with van der Waals surface area (Å²) in [5, 5.41) is 12.2. The smallest absolute Gasteiger partial charge is 0.339 e. The number of rotatable bonds is 4. The number of aromatic carboxylic acids is 1. The maximum atomic E-state index is 10.9. The molecule has 1 atom stereocenters. The van der Waals surface area contributed by atoms with E-state index in [0.717, 1.165) is 26.1 Å². The molecule has 0 saturated carbocycles. The molecule has 6 nitrogen and oxygen atoms in total. The van der Waals surface area contributed by atoms with Gasteiger partial charge in [-0.2, -0.15) is 0 Å². The highest BCUT2D eigenvalue weighted by Gasteiger charge is 2.22. The monoisotopic (exact) mass is 264 g/mol. The summed E-state index contributed by atoms with van der Waals surface area (Å²) in [7, 11) is 1.96. The third-order valence-electron chi connectivity index (χ3n) is 3.49. The Bertz CT molecular complexity index is 462. The lowest BCUT2D eigenvalue weighted by Gasteiger charge is -2.32. The Morgan fingerprint density at radius 3 is 3.05 bits per heavy atom. The van der Waals surface area contributed by atoms with Crippen LogP contribution < -0.4 is 10.2 Å². The maximum Gasteiger partial charge on any atom is 0.339 e. The molecule has 0 aliphatic carbocycles. The molecule has 1 fully saturated rings. The van der Waals surface area contributed by atoms with E-state index in [1.54, 1.807) is 6.92 Å². The Hall–Kier alpha value is -1.69. The molecule has 1 unspecified atom stereocenters. The second kappa shape index (κ2) is 5.97. The molecule has 0 spiro atoms. The molecule has 2 N–H and O–H groups in total. The van der Waals surface area contributed by atoms with E-state index in [1.165, 1.54) is 12.6 Å². The van der Waals surface area contributed by atoms with Gasteiger partial charge in [-0.3, -0.25) is 0 Å². The van der Waals surface area contributed by atoms with Crippen LogP contribution in [0.2, 0.25) is 0 Å². The first-order chi connectivity index (χ1) is 9.11. The zero-order chi connectivity index (χ0) is 13.8. The summed E-state index contributed by atoms with van der Waals surface area (Å²) >= 11 is 0. The van der Waals surface area contributed by atoms with Gasteiger partial charge in [-0.05, 0) is 39.3 Å². The number of hydrogen-bond donors (Lipinski definition) is 2. The second-order valence-corrected chi connectivity index (χ2v) is 4.99. The summed E-state index contributed by atoms with van der Waals surface area (Å²) in [6.07, 6.45) is 3.74. The minimum atomic E-state index is -0.976. The fraction of sp³-hybridized carbons (Fsp3) is 0.615. The van der Waals surface area contributed by atoms with Crippen LogP contribution in [0, 0.1) is 12.8 Å². The molecule has 6 heteroatoms. The number of aryl methyl sites for hydroxylation is 1. The van der Waals surface area contributed by atoms with Gasteiger partial charge in [0, 0.05) is 19.3 Å². The van der Waals surface area contributed by atoms with Crippen LogP contribution in [0.4, 0.5) is 5.95 Å². The van der Waals surface area contributed by atoms with Gasteiger partial charge >= 0.3 is 5.97 Å². The summed E-state index contributed by atoms with van der Waals surface area (Å²) in [6.45, 7) is 4.56. The van der Waals surface area contributed by atoms with Crippen molar-refractivity contribution in [2.75, 3.05) is 31.6 Å². The van der Waals surface area contributed by atoms with Gasteiger partial charge in [-0.1, -0.05) is 0 Å². The van der Waals surface area contributed by atoms with Crippen molar-refractivity contribution in [2.45, 2.75) is 19.8 Å². The van der Waals surface area contributed by atoms with E-state index in [4.69, 9.17) is 5.11 Å². The zero-order valence-electron chi connectivity index (χ0n) is 11.4. The lowest BCUT2D eigenvalue weighted by atomic mass is 9.98. The molecule has 1 aliphatic heterocycles. The topological polar surface area (TPSA) is 78.4 Å². The van der Waals surface area contributed by atoms with E-state index in [0.29, 0.717) is 17.6 Å². The summed E-state index contributed by atoms with van der Waals surface area (Å²) in [5.74, 6) is 0.265. The Morgan fingerprint density at radius 1 is 1.63 bits per heavy atom. The van der Waals surface area contributed by atoms with Crippen molar-refractivity contribution in [2.24, 2.45) is 5.92 Å². The van der Waals surface area contributed by atoms with Crippen molar-refractivity contribution in [1.82, 2.24) is 15.3 Å². The average molecular weight is 264 g/mol. The van der Waals surface area contributed by atoms with Crippen LogP contribution in [0.1, 0.15) is 28.9 Å². The van der Waals surface area contributed by atoms with Crippen LogP contribution in [-0.2, 0) is 0 Å². The van der Waals surface area contributed by atoms with Crippen LogP contribution in [0.25, 0.3) is 0 Å². The van der Waals surface area contributed by atoms with Gasteiger partial charge in [0.05, 0.1) is 11.3 Å². The van der Waals surface area contributed by atoms with Crippen LogP contribution in [0.5, 0.6) is 0 Å². The number of nitrogens with one attached hydrogen (secondary N) is 1. The van der Waals surface area contributed by atoms with Gasteiger partial charge in [-0.15, -0.1) is 0 Å². The summed E-state index contributed by atoms with van der Waals surface area (Å²) in [6, 6.07) is 0. The molecule has 2 rings (SSSR count). The highest BCUT2D eigenvalue weighted by molar-refractivity contribution is 5.88. The normalized spacial score (nSPS) is 19.5. The van der Waals surface area contributed by atoms with E-state index >= 15 is 0 Å². The minimum absolute atomic E-state index is 0.174. The zero-order valence-corrected chi connectivity index (χ0v) is 11.4. The molecule has 0 aromatic carbocycles. The quantitative estimate of drug-likeness (QED) is 0.842. The molecular weight excluding hydrogens is 244 g/mol. The van der Waals surface area contributed by atoms with E-state index in [2.05, 4.69) is 20.2 Å². The molecule has 19 heavy (non-hydrogen) atoms. The molecule has 0 bridgehead atoms.